The highest BCUT2D eigenvalue weighted by Crippen LogP contribution is 2.27. The molecule has 0 saturated carbocycles. The number of nitrogens with one attached hydrogen (secondary N) is 2. The fourth-order valence-electron chi connectivity index (χ4n) is 4.41. The summed E-state index contributed by atoms with van der Waals surface area (Å²) in [5, 5.41) is 11.4. The molecule has 0 radical (unpaired) electrons. The van der Waals surface area contributed by atoms with Gasteiger partial charge >= 0.3 is 0 Å². The number of hydrogen-bond acceptors (Lipinski definition) is 4. The van der Waals surface area contributed by atoms with Crippen LogP contribution in [0.15, 0.2) is 72.0 Å². The molecule has 0 amide bonds. The minimum atomic E-state index is 0.272. The van der Waals surface area contributed by atoms with Gasteiger partial charge in [0, 0.05) is 32.5 Å². The van der Waals surface area contributed by atoms with Gasteiger partial charge in [0.05, 0.1) is 19.7 Å². The zero-order valence-corrected chi connectivity index (χ0v) is 19.6. The number of benzene rings is 2. The number of guanidine groups is 1. The first kappa shape index (κ1) is 22.9. The van der Waals surface area contributed by atoms with E-state index in [2.05, 4.69) is 68.1 Å². The molecule has 1 aliphatic heterocycles. The normalized spacial score (nSPS) is 15.4. The third kappa shape index (κ3) is 6.14. The van der Waals surface area contributed by atoms with Crippen molar-refractivity contribution in [3.05, 3.63) is 83.7 Å². The van der Waals surface area contributed by atoms with E-state index >= 15 is 0 Å². The van der Waals surface area contributed by atoms with Gasteiger partial charge in [0.25, 0.3) is 0 Å². The number of hydrogen-bond donors (Lipinski definition) is 2. The van der Waals surface area contributed by atoms with Gasteiger partial charge in [-0.15, -0.1) is 0 Å². The van der Waals surface area contributed by atoms with Gasteiger partial charge < -0.3 is 15.4 Å². The van der Waals surface area contributed by atoms with Crippen molar-refractivity contribution in [3.63, 3.8) is 0 Å². The molecule has 1 atom stereocenters. The molecule has 1 saturated heterocycles. The zero-order chi connectivity index (χ0) is 22.9. The molecule has 2 aromatic carbocycles. The van der Waals surface area contributed by atoms with Gasteiger partial charge in [-0.1, -0.05) is 36.4 Å². The molecule has 7 heteroatoms. The predicted molar refractivity (Wildman–Crippen MR) is 133 cm³/mol. The fraction of sp³-hybridized carbons (Fsp3) is 0.385. The third-order valence-corrected chi connectivity index (χ3v) is 6.20. The first-order chi connectivity index (χ1) is 16.3. The van der Waals surface area contributed by atoms with Gasteiger partial charge in [-0.05, 0) is 60.8 Å². The van der Waals surface area contributed by atoms with E-state index < -0.39 is 0 Å². The lowest BCUT2D eigenvalue weighted by atomic mass is 10.1. The Kier molecular flexibility index (Phi) is 7.98. The summed E-state index contributed by atoms with van der Waals surface area (Å²) in [6.45, 7) is 4.48. The molecule has 2 heterocycles. The molecule has 3 aromatic rings. The summed E-state index contributed by atoms with van der Waals surface area (Å²) in [7, 11) is 3.54. The van der Waals surface area contributed by atoms with Crippen molar-refractivity contribution in [1.29, 1.82) is 0 Å². The first-order valence-electron chi connectivity index (χ1n) is 11.6. The lowest BCUT2D eigenvalue weighted by molar-refractivity contribution is 0.245. The molecule has 1 fully saturated rings. The number of likely N-dealkylation sites (tertiary alicyclic amines) is 1. The van der Waals surface area contributed by atoms with E-state index in [1.807, 2.05) is 36.3 Å². The molecule has 33 heavy (non-hydrogen) atoms. The van der Waals surface area contributed by atoms with Crippen LogP contribution >= 0.6 is 0 Å². The van der Waals surface area contributed by atoms with Gasteiger partial charge in [0.2, 0.25) is 0 Å². The number of rotatable bonds is 9. The van der Waals surface area contributed by atoms with Crippen LogP contribution in [0.3, 0.4) is 0 Å². The quantitative estimate of drug-likeness (QED) is 0.389. The van der Waals surface area contributed by atoms with Crippen molar-refractivity contribution in [2.45, 2.75) is 32.0 Å². The Labute approximate surface area is 196 Å². The summed E-state index contributed by atoms with van der Waals surface area (Å²) < 4.78 is 7.41. The molecule has 4 rings (SSSR count). The van der Waals surface area contributed by atoms with Crippen LogP contribution in [0, 0.1) is 0 Å². The maximum atomic E-state index is 5.47. The Bertz CT molecular complexity index is 1030. The van der Waals surface area contributed by atoms with Crippen LogP contribution < -0.4 is 15.4 Å². The SMILES string of the molecule is CN=C(NCc1ccccc1Cn1cccn1)NCC(c1cccc(OC)c1)N1CCCC1. The predicted octanol–water partition coefficient (Wildman–Crippen LogP) is 3.44. The smallest absolute Gasteiger partial charge is 0.191 e. The molecule has 0 aliphatic carbocycles. The van der Waals surface area contributed by atoms with Crippen molar-refractivity contribution >= 4 is 5.96 Å². The molecule has 1 aromatic heterocycles. The standard InChI is InChI=1S/C26H34N6O/c1-27-26(28-18-22-9-3-4-10-23(22)20-32-16-8-13-30-32)29-19-25(31-14-5-6-15-31)21-11-7-12-24(17-21)33-2/h3-4,7-13,16-17,25H,5-6,14-15,18-20H2,1-2H3,(H2,27,28,29). The second kappa shape index (κ2) is 11.5. The summed E-state index contributed by atoms with van der Waals surface area (Å²) in [6, 6.07) is 19.1. The van der Waals surface area contributed by atoms with E-state index in [1.54, 1.807) is 7.11 Å². The highest BCUT2D eigenvalue weighted by molar-refractivity contribution is 5.79. The van der Waals surface area contributed by atoms with Crippen LogP contribution in [0.2, 0.25) is 0 Å². The first-order valence-corrected chi connectivity index (χ1v) is 11.6. The second-order valence-electron chi connectivity index (χ2n) is 8.31. The highest BCUT2D eigenvalue weighted by Gasteiger charge is 2.24. The molecule has 7 nitrogen and oxygen atoms in total. The Morgan fingerprint density at radius 2 is 1.88 bits per heavy atom. The highest BCUT2D eigenvalue weighted by atomic mass is 16.5. The average Bonchev–Trinajstić information content (AvgIpc) is 3.57. The van der Waals surface area contributed by atoms with E-state index in [0.29, 0.717) is 6.54 Å². The number of nitrogens with zero attached hydrogens (tertiary/aromatic N) is 4. The molecule has 174 valence electrons. The number of aliphatic imine (C=N–C) groups is 1. The Balaban J connectivity index is 1.40. The minimum Gasteiger partial charge on any atom is -0.497 e. The Hall–Kier alpha value is -3.32. The van der Waals surface area contributed by atoms with Crippen molar-refractivity contribution in [2.75, 3.05) is 33.8 Å². The summed E-state index contributed by atoms with van der Waals surface area (Å²) in [4.78, 5) is 7.02. The largest absolute Gasteiger partial charge is 0.497 e. The van der Waals surface area contributed by atoms with Crippen molar-refractivity contribution in [3.8, 4) is 5.75 Å². The average molecular weight is 447 g/mol. The van der Waals surface area contributed by atoms with Gasteiger partial charge in [0.1, 0.15) is 5.75 Å². The number of methoxy groups -OCH3 is 1. The van der Waals surface area contributed by atoms with Gasteiger partial charge in [-0.3, -0.25) is 14.6 Å². The van der Waals surface area contributed by atoms with Gasteiger partial charge in [0.15, 0.2) is 5.96 Å². The molecular formula is C26H34N6O. The summed E-state index contributed by atoms with van der Waals surface area (Å²) in [5.74, 6) is 1.70. The van der Waals surface area contributed by atoms with E-state index in [-0.39, 0.29) is 6.04 Å². The molecule has 1 aliphatic rings. The van der Waals surface area contributed by atoms with E-state index in [4.69, 9.17) is 4.74 Å². The summed E-state index contributed by atoms with van der Waals surface area (Å²) in [6.07, 6.45) is 6.30. The fourth-order valence-corrected chi connectivity index (χ4v) is 4.41. The molecular weight excluding hydrogens is 412 g/mol. The minimum absolute atomic E-state index is 0.272. The van der Waals surface area contributed by atoms with E-state index in [9.17, 15) is 0 Å². The maximum Gasteiger partial charge on any atom is 0.191 e. The lowest BCUT2D eigenvalue weighted by Crippen LogP contribution is -2.42. The van der Waals surface area contributed by atoms with Crippen LogP contribution in [0.25, 0.3) is 0 Å². The van der Waals surface area contributed by atoms with Gasteiger partial charge in [-0.2, -0.15) is 5.10 Å². The molecule has 1 unspecified atom stereocenters. The Morgan fingerprint density at radius 1 is 1.06 bits per heavy atom. The molecule has 0 bridgehead atoms. The van der Waals surface area contributed by atoms with Crippen LogP contribution in [0.5, 0.6) is 5.75 Å². The number of ether oxygens (including phenoxy) is 1. The van der Waals surface area contributed by atoms with E-state index in [1.165, 1.54) is 29.5 Å². The van der Waals surface area contributed by atoms with Crippen LogP contribution in [0.1, 0.15) is 35.6 Å². The lowest BCUT2D eigenvalue weighted by Gasteiger charge is -2.29. The van der Waals surface area contributed by atoms with Crippen molar-refractivity contribution < 1.29 is 4.74 Å². The third-order valence-electron chi connectivity index (χ3n) is 6.20. The van der Waals surface area contributed by atoms with Crippen LogP contribution in [-0.4, -0.2) is 54.4 Å². The molecule has 0 spiro atoms. The topological polar surface area (TPSA) is 66.7 Å². The Morgan fingerprint density at radius 3 is 2.61 bits per heavy atom. The summed E-state index contributed by atoms with van der Waals surface area (Å²) >= 11 is 0. The van der Waals surface area contributed by atoms with Crippen LogP contribution in [0.4, 0.5) is 0 Å². The number of aromatic nitrogens is 2. The second-order valence-corrected chi connectivity index (χ2v) is 8.31. The monoisotopic (exact) mass is 446 g/mol. The maximum absolute atomic E-state index is 5.47. The van der Waals surface area contributed by atoms with Crippen molar-refractivity contribution in [2.24, 2.45) is 4.99 Å². The van der Waals surface area contributed by atoms with E-state index in [0.717, 1.165) is 37.9 Å². The van der Waals surface area contributed by atoms with Gasteiger partial charge in [-0.25, -0.2) is 0 Å². The van der Waals surface area contributed by atoms with Crippen LogP contribution in [-0.2, 0) is 13.1 Å². The molecule has 2 N–H and O–H groups in total. The zero-order valence-electron chi connectivity index (χ0n) is 19.6. The van der Waals surface area contributed by atoms with Crippen molar-refractivity contribution in [1.82, 2.24) is 25.3 Å². The summed E-state index contributed by atoms with van der Waals surface area (Å²) in [5.41, 5.74) is 3.75.